The van der Waals surface area contributed by atoms with Crippen LogP contribution in [0.15, 0.2) is 57.3 Å². The summed E-state index contributed by atoms with van der Waals surface area (Å²) in [5.74, 6) is -0.880. The lowest BCUT2D eigenvalue weighted by atomic mass is 10.1. The van der Waals surface area contributed by atoms with Gasteiger partial charge in [0.25, 0.3) is 5.91 Å². The maximum absolute atomic E-state index is 12.6. The number of benzene rings is 2. The van der Waals surface area contributed by atoms with Gasteiger partial charge in [-0.05, 0) is 42.8 Å². The molecule has 1 heterocycles. The number of nitrogens with one attached hydrogen (secondary N) is 1. The molecule has 3 rings (SSSR count). The Labute approximate surface area is 205 Å². The van der Waals surface area contributed by atoms with E-state index < -0.39 is 25.9 Å². The van der Waals surface area contributed by atoms with Crippen LogP contribution >= 0.6 is 11.3 Å². The zero-order valence-electron chi connectivity index (χ0n) is 18.5. The predicted molar refractivity (Wildman–Crippen MR) is 127 cm³/mol. The molecule has 0 saturated carbocycles. The predicted octanol–water partition coefficient (Wildman–Crippen LogP) is 2.57. The van der Waals surface area contributed by atoms with E-state index in [4.69, 9.17) is 8.92 Å². The Kier molecular flexibility index (Phi) is 7.54. The van der Waals surface area contributed by atoms with Crippen LogP contribution in [0.1, 0.15) is 11.1 Å². The van der Waals surface area contributed by atoms with E-state index in [2.05, 4.69) is 15.5 Å². The lowest BCUT2D eigenvalue weighted by Gasteiger charge is -2.11. The summed E-state index contributed by atoms with van der Waals surface area (Å²) in [5.41, 5.74) is 0.892. The van der Waals surface area contributed by atoms with E-state index in [9.17, 15) is 26.9 Å². The molecule has 0 unspecified atom stereocenters. The molecule has 1 amide bonds. The van der Waals surface area contributed by atoms with Gasteiger partial charge in [-0.1, -0.05) is 35.1 Å². The quantitative estimate of drug-likeness (QED) is 0.196. The highest BCUT2D eigenvalue weighted by molar-refractivity contribution is 7.92. The van der Waals surface area contributed by atoms with Crippen molar-refractivity contribution in [2.75, 3.05) is 18.7 Å². The van der Waals surface area contributed by atoms with E-state index >= 15 is 0 Å². The number of aryl methyl sites for hydroxylation is 1. The minimum absolute atomic E-state index is 0.0340. The molecular formula is C21H18N4O7S3. The maximum atomic E-state index is 12.6. The Morgan fingerprint density at radius 1 is 1.09 bits per heavy atom. The Bertz CT molecular complexity index is 1550. The molecule has 1 aromatic heterocycles. The number of rotatable bonds is 8. The minimum Gasteiger partial charge on any atom is -0.493 e. The lowest BCUT2D eigenvalue weighted by molar-refractivity contribution is -0.112. The van der Waals surface area contributed by atoms with Crippen molar-refractivity contribution >= 4 is 48.4 Å². The highest BCUT2D eigenvalue weighted by atomic mass is 32.2. The van der Waals surface area contributed by atoms with E-state index in [-0.39, 0.29) is 31.4 Å². The fourth-order valence-electron chi connectivity index (χ4n) is 2.60. The van der Waals surface area contributed by atoms with Crippen molar-refractivity contribution in [2.24, 2.45) is 0 Å². The van der Waals surface area contributed by atoms with Gasteiger partial charge in [0, 0.05) is 6.26 Å². The number of anilines is 1. The number of sulfone groups is 1. The van der Waals surface area contributed by atoms with Crippen LogP contribution < -0.4 is 14.2 Å². The van der Waals surface area contributed by atoms with Crippen LogP contribution in [0.2, 0.25) is 0 Å². The van der Waals surface area contributed by atoms with Crippen molar-refractivity contribution in [3.05, 3.63) is 59.2 Å². The zero-order chi connectivity index (χ0) is 25.8. The SMILES string of the molecule is COc1cc(C=C(C#N)C(=O)Nc2nnc(S(C)(=O)=O)s2)ccc1OS(=O)(=O)c1ccc(C)cc1. The van der Waals surface area contributed by atoms with Crippen LogP contribution in [0.25, 0.3) is 6.08 Å². The van der Waals surface area contributed by atoms with Crippen molar-refractivity contribution in [1.82, 2.24) is 10.2 Å². The van der Waals surface area contributed by atoms with Gasteiger partial charge in [-0.15, -0.1) is 10.2 Å². The van der Waals surface area contributed by atoms with E-state index in [0.717, 1.165) is 11.8 Å². The summed E-state index contributed by atoms with van der Waals surface area (Å²) in [6.07, 6.45) is 2.18. The molecule has 1 N–H and O–H groups in total. The fraction of sp³-hybridized carbons (Fsp3) is 0.143. The third kappa shape index (κ3) is 6.41. The Hall–Kier alpha value is -3.80. The first kappa shape index (κ1) is 25.8. The van der Waals surface area contributed by atoms with Gasteiger partial charge in [0.05, 0.1) is 7.11 Å². The average molecular weight is 535 g/mol. The molecule has 2 aromatic carbocycles. The third-order valence-electron chi connectivity index (χ3n) is 4.32. The monoisotopic (exact) mass is 534 g/mol. The van der Waals surface area contributed by atoms with E-state index in [1.54, 1.807) is 18.2 Å². The van der Waals surface area contributed by atoms with Gasteiger partial charge in [-0.25, -0.2) is 8.42 Å². The van der Waals surface area contributed by atoms with Crippen LogP contribution in [-0.2, 0) is 24.7 Å². The Balaban J connectivity index is 1.83. The Morgan fingerprint density at radius 3 is 2.34 bits per heavy atom. The van der Waals surface area contributed by atoms with Gasteiger partial charge >= 0.3 is 10.1 Å². The molecule has 182 valence electrons. The summed E-state index contributed by atoms with van der Waals surface area (Å²) in [6.45, 7) is 1.82. The minimum atomic E-state index is -4.13. The summed E-state index contributed by atoms with van der Waals surface area (Å²) < 4.78 is 58.3. The summed E-state index contributed by atoms with van der Waals surface area (Å²) in [6, 6.07) is 12.0. The number of methoxy groups -OCH3 is 1. The average Bonchev–Trinajstić information content (AvgIpc) is 3.27. The lowest BCUT2D eigenvalue weighted by Crippen LogP contribution is -2.13. The molecule has 0 aliphatic heterocycles. The van der Waals surface area contributed by atoms with Crippen molar-refractivity contribution < 1.29 is 30.6 Å². The van der Waals surface area contributed by atoms with Crippen molar-refractivity contribution in [3.8, 4) is 17.6 Å². The van der Waals surface area contributed by atoms with Gasteiger partial charge in [0.1, 0.15) is 16.5 Å². The number of nitriles is 1. The smallest absolute Gasteiger partial charge is 0.339 e. The normalized spacial score (nSPS) is 12.0. The molecule has 0 aliphatic rings. The van der Waals surface area contributed by atoms with Gasteiger partial charge < -0.3 is 8.92 Å². The van der Waals surface area contributed by atoms with Crippen LogP contribution in [0.4, 0.5) is 5.13 Å². The first-order valence-corrected chi connectivity index (χ1v) is 13.7. The first-order chi connectivity index (χ1) is 16.4. The number of carbonyl (C=O) groups is 1. The molecular weight excluding hydrogens is 516 g/mol. The highest BCUT2D eigenvalue weighted by Crippen LogP contribution is 2.31. The standard InChI is InChI=1S/C21H18N4O7S3/c1-13-4-7-16(8-5-13)35(29,30)32-17-9-6-14(11-18(17)31-2)10-15(12-22)19(26)23-20-24-25-21(33-20)34(3,27)28/h4-11H,1-3H3,(H,23,24,26). The third-order valence-corrected chi connectivity index (χ3v) is 8.07. The van der Waals surface area contributed by atoms with Crippen molar-refractivity contribution in [1.29, 1.82) is 5.26 Å². The van der Waals surface area contributed by atoms with Crippen LogP contribution in [0.3, 0.4) is 0 Å². The summed E-state index contributed by atoms with van der Waals surface area (Å²) in [7, 11) is -6.41. The van der Waals surface area contributed by atoms with E-state index in [1.807, 2.05) is 6.92 Å². The zero-order valence-corrected chi connectivity index (χ0v) is 21.0. The van der Waals surface area contributed by atoms with Gasteiger partial charge in [-0.3, -0.25) is 10.1 Å². The second-order valence-electron chi connectivity index (χ2n) is 7.03. The largest absolute Gasteiger partial charge is 0.493 e. The van der Waals surface area contributed by atoms with Gasteiger partial charge in [0.15, 0.2) is 11.5 Å². The van der Waals surface area contributed by atoms with Gasteiger partial charge in [0.2, 0.25) is 19.3 Å². The van der Waals surface area contributed by atoms with Crippen LogP contribution in [0.5, 0.6) is 11.5 Å². The second kappa shape index (κ2) is 10.2. The fourth-order valence-corrected chi connectivity index (χ4v) is 5.05. The molecule has 3 aromatic rings. The second-order valence-corrected chi connectivity index (χ2v) is 11.7. The number of aromatic nitrogens is 2. The summed E-state index contributed by atoms with van der Waals surface area (Å²) in [4.78, 5) is 12.4. The van der Waals surface area contributed by atoms with Crippen LogP contribution in [0, 0.1) is 18.3 Å². The topological polar surface area (TPSA) is 165 Å². The molecule has 11 nitrogen and oxygen atoms in total. The molecule has 14 heteroatoms. The molecule has 0 spiro atoms. The number of hydrogen-bond donors (Lipinski definition) is 1. The van der Waals surface area contributed by atoms with Crippen molar-refractivity contribution in [2.45, 2.75) is 16.2 Å². The van der Waals surface area contributed by atoms with E-state index in [1.165, 1.54) is 43.5 Å². The number of ether oxygens (including phenoxy) is 1. The summed E-state index contributed by atoms with van der Waals surface area (Å²) in [5, 5.41) is 18.7. The molecule has 0 saturated heterocycles. The summed E-state index contributed by atoms with van der Waals surface area (Å²) >= 11 is 0.642. The molecule has 0 radical (unpaired) electrons. The number of carbonyl (C=O) groups excluding carboxylic acids is 1. The Morgan fingerprint density at radius 2 is 1.77 bits per heavy atom. The highest BCUT2D eigenvalue weighted by Gasteiger charge is 2.20. The number of nitrogens with zero attached hydrogens (tertiary/aromatic N) is 3. The van der Waals surface area contributed by atoms with E-state index in [0.29, 0.717) is 16.9 Å². The van der Waals surface area contributed by atoms with Gasteiger partial charge in [-0.2, -0.15) is 13.7 Å². The molecule has 0 bridgehead atoms. The first-order valence-electron chi connectivity index (χ1n) is 9.59. The molecule has 0 fully saturated rings. The number of amides is 1. The molecule has 0 atom stereocenters. The maximum Gasteiger partial charge on any atom is 0.339 e. The molecule has 0 aliphatic carbocycles. The van der Waals surface area contributed by atoms with Crippen molar-refractivity contribution in [3.63, 3.8) is 0 Å². The number of hydrogen-bond acceptors (Lipinski definition) is 11. The van der Waals surface area contributed by atoms with Crippen LogP contribution in [-0.4, -0.2) is 46.3 Å². The molecule has 35 heavy (non-hydrogen) atoms.